The number of guanidine groups is 1. The number of hydrogen-bond acceptors (Lipinski definition) is 6. The third-order valence-corrected chi connectivity index (χ3v) is 4.67. The highest BCUT2D eigenvalue weighted by Gasteiger charge is 2.24. The molecule has 1 atom stereocenters. The lowest BCUT2D eigenvalue weighted by Crippen LogP contribution is -2.40. The highest BCUT2D eigenvalue weighted by atomic mass is 127. The number of halogens is 1. The summed E-state index contributed by atoms with van der Waals surface area (Å²) in [5.74, 6) is 3.72. The van der Waals surface area contributed by atoms with Crippen LogP contribution in [0.2, 0.25) is 0 Å². The molecule has 2 aliphatic rings. The quantitative estimate of drug-likeness (QED) is 0.219. The summed E-state index contributed by atoms with van der Waals surface area (Å²) in [6.07, 6.45) is 1.12. The fourth-order valence-corrected chi connectivity index (χ4v) is 3.26. The van der Waals surface area contributed by atoms with E-state index in [4.69, 9.17) is 28.7 Å². The molecular weight excluding hydrogens is 489 g/mol. The number of methoxy groups -OCH3 is 1. The molecule has 0 radical (unpaired) electrons. The normalized spacial score (nSPS) is 17.9. The summed E-state index contributed by atoms with van der Waals surface area (Å²) in [5, 5.41) is 3.38. The average molecular weight is 521 g/mol. The predicted molar refractivity (Wildman–Crippen MR) is 122 cm³/mol. The van der Waals surface area contributed by atoms with Crippen molar-refractivity contribution >= 4 is 29.9 Å². The Kier molecular flexibility index (Phi) is 10.6. The van der Waals surface area contributed by atoms with Gasteiger partial charge in [0.1, 0.15) is 12.4 Å². The van der Waals surface area contributed by atoms with Crippen LogP contribution in [0.25, 0.3) is 0 Å². The molecule has 0 aromatic heterocycles. The van der Waals surface area contributed by atoms with E-state index in [1.165, 1.54) is 0 Å². The van der Waals surface area contributed by atoms with Gasteiger partial charge in [0, 0.05) is 38.7 Å². The first kappa shape index (κ1) is 23.8. The molecule has 0 saturated carbocycles. The second kappa shape index (κ2) is 13.0. The Hall–Kier alpha value is -1.46. The van der Waals surface area contributed by atoms with Crippen molar-refractivity contribution in [2.75, 3.05) is 66.5 Å². The minimum atomic E-state index is 0. The molecule has 1 aromatic rings. The van der Waals surface area contributed by atoms with Gasteiger partial charge in [-0.15, -0.1) is 24.0 Å². The van der Waals surface area contributed by atoms with Gasteiger partial charge in [0.2, 0.25) is 6.79 Å². The van der Waals surface area contributed by atoms with Crippen LogP contribution in [0.1, 0.15) is 13.3 Å². The summed E-state index contributed by atoms with van der Waals surface area (Å²) < 4.78 is 27.2. The van der Waals surface area contributed by atoms with Crippen molar-refractivity contribution in [1.29, 1.82) is 0 Å². The van der Waals surface area contributed by atoms with Crippen molar-refractivity contribution in [2.24, 2.45) is 10.9 Å². The Balaban J connectivity index is 0.00000300. The molecule has 1 N–H and O–H groups in total. The van der Waals surface area contributed by atoms with E-state index >= 15 is 0 Å². The van der Waals surface area contributed by atoms with Crippen molar-refractivity contribution in [3.05, 3.63) is 18.2 Å². The average Bonchev–Trinajstić information content (AvgIpc) is 3.36. The highest BCUT2D eigenvalue weighted by molar-refractivity contribution is 14.0. The molecule has 29 heavy (non-hydrogen) atoms. The van der Waals surface area contributed by atoms with Gasteiger partial charge in [-0.2, -0.15) is 0 Å². The van der Waals surface area contributed by atoms with E-state index in [0.717, 1.165) is 55.9 Å². The fraction of sp³-hybridized carbons (Fsp3) is 0.650. The van der Waals surface area contributed by atoms with E-state index in [0.29, 0.717) is 32.3 Å². The van der Waals surface area contributed by atoms with Crippen molar-refractivity contribution in [3.63, 3.8) is 0 Å². The maximum atomic E-state index is 5.80. The van der Waals surface area contributed by atoms with Gasteiger partial charge in [0.25, 0.3) is 0 Å². The van der Waals surface area contributed by atoms with Crippen LogP contribution in [0.15, 0.2) is 23.2 Å². The first-order valence-corrected chi connectivity index (χ1v) is 9.92. The number of aliphatic imine (C=N–C) groups is 1. The number of benzene rings is 1. The topological polar surface area (TPSA) is 73.8 Å². The van der Waals surface area contributed by atoms with Gasteiger partial charge in [-0.25, -0.2) is 4.99 Å². The Morgan fingerprint density at radius 2 is 2.10 bits per heavy atom. The minimum Gasteiger partial charge on any atom is -0.492 e. The van der Waals surface area contributed by atoms with Gasteiger partial charge < -0.3 is 33.9 Å². The van der Waals surface area contributed by atoms with Crippen LogP contribution in [-0.2, 0) is 9.47 Å². The molecule has 2 heterocycles. The molecule has 0 bridgehead atoms. The molecule has 3 rings (SSSR count). The maximum absolute atomic E-state index is 5.80. The van der Waals surface area contributed by atoms with Gasteiger partial charge in [0.05, 0.1) is 26.4 Å². The molecule has 0 amide bonds. The van der Waals surface area contributed by atoms with Crippen molar-refractivity contribution in [3.8, 4) is 17.2 Å². The monoisotopic (exact) mass is 521 g/mol. The molecule has 164 valence electrons. The first-order valence-electron chi connectivity index (χ1n) is 9.92. The van der Waals surface area contributed by atoms with Crippen LogP contribution in [0.3, 0.4) is 0 Å². The summed E-state index contributed by atoms with van der Waals surface area (Å²) >= 11 is 0. The standard InChI is InChI=1S/C20H31N3O5.HI/c1-3-21-20(23-8-6-16(13-23)14-25-11-10-24-2)22-7-9-26-17-4-5-18-19(12-17)28-15-27-18;/h4-5,12,16H,3,6-11,13-15H2,1-2H3,(H,21,22);1H. The van der Waals surface area contributed by atoms with E-state index < -0.39 is 0 Å². The summed E-state index contributed by atoms with van der Waals surface area (Å²) in [4.78, 5) is 7.02. The van der Waals surface area contributed by atoms with Gasteiger partial charge in [-0.3, -0.25) is 0 Å². The fourth-order valence-electron chi connectivity index (χ4n) is 3.26. The number of hydrogen-bond donors (Lipinski definition) is 1. The summed E-state index contributed by atoms with van der Waals surface area (Å²) in [6, 6.07) is 5.60. The number of nitrogens with one attached hydrogen (secondary N) is 1. The SMILES string of the molecule is CCNC(=NCCOc1ccc2c(c1)OCO2)N1CCC(COCCOC)C1.I. The Morgan fingerprint density at radius 3 is 2.93 bits per heavy atom. The number of nitrogens with zero attached hydrogens (tertiary/aromatic N) is 2. The number of rotatable bonds is 10. The molecular formula is C20H32IN3O5. The molecule has 1 fully saturated rings. The van der Waals surface area contributed by atoms with Gasteiger partial charge >= 0.3 is 0 Å². The van der Waals surface area contributed by atoms with Gasteiger partial charge in [-0.05, 0) is 25.5 Å². The van der Waals surface area contributed by atoms with Crippen LogP contribution in [0, 0.1) is 5.92 Å². The predicted octanol–water partition coefficient (Wildman–Crippen LogP) is 2.36. The zero-order valence-corrected chi connectivity index (χ0v) is 19.6. The van der Waals surface area contributed by atoms with E-state index in [-0.39, 0.29) is 30.8 Å². The smallest absolute Gasteiger partial charge is 0.231 e. The molecule has 2 aliphatic heterocycles. The second-order valence-corrected chi connectivity index (χ2v) is 6.77. The van der Waals surface area contributed by atoms with Crippen LogP contribution < -0.4 is 19.5 Å². The zero-order valence-electron chi connectivity index (χ0n) is 17.2. The first-order chi connectivity index (χ1) is 13.8. The number of fused-ring (bicyclic) bond motifs is 1. The number of ether oxygens (including phenoxy) is 5. The van der Waals surface area contributed by atoms with Crippen LogP contribution in [-0.4, -0.2) is 77.4 Å². The van der Waals surface area contributed by atoms with Crippen molar-refractivity contribution in [1.82, 2.24) is 10.2 Å². The molecule has 9 heteroatoms. The maximum Gasteiger partial charge on any atom is 0.231 e. The lowest BCUT2D eigenvalue weighted by atomic mass is 10.1. The lowest BCUT2D eigenvalue weighted by Gasteiger charge is -2.21. The second-order valence-electron chi connectivity index (χ2n) is 6.77. The summed E-state index contributed by atoms with van der Waals surface area (Å²) in [5.41, 5.74) is 0. The zero-order chi connectivity index (χ0) is 19.6. The summed E-state index contributed by atoms with van der Waals surface area (Å²) in [7, 11) is 1.69. The van der Waals surface area contributed by atoms with Crippen LogP contribution in [0.5, 0.6) is 17.2 Å². The Morgan fingerprint density at radius 1 is 1.24 bits per heavy atom. The third kappa shape index (κ3) is 7.38. The molecule has 1 saturated heterocycles. The molecule has 1 unspecified atom stereocenters. The van der Waals surface area contributed by atoms with Crippen LogP contribution >= 0.6 is 24.0 Å². The van der Waals surface area contributed by atoms with Gasteiger partial charge in [0.15, 0.2) is 17.5 Å². The molecule has 8 nitrogen and oxygen atoms in total. The van der Waals surface area contributed by atoms with E-state index in [2.05, 4.69) is 17.1 Å². The highest BCUT2D eigenvalue weighted by Crippen LogP contribution is 2.35. The molecule has 0 spiro atoms. The lowest BCUT2D eigenvalue weighted by molar-refractivity contribution is 0.0536. The third-order valence-electron chi connectivity index (χ3n) is 4.67. The molecule has 1 aromatic carbocycles. The Bertz CT molecular complexity index is 647. The van der Waals surface area contributed by atoms with E-state index in [9.17, 15) is 0 Å². The largest absolute Gasteiger partial charge is 0.492 e. The summed E-state index contributed by atoms with van der Waals surface area (Å²) in [6.45, 7) is 8.30. The van der Waals surface area contributed by atoms with Gasteiger partial charge in [-0.1, -0.05) is 0 Å². The van der Waals surface area contributed by atoms with E-state index in [1.54, 1.807) is 7.11 Å². The molecule has 0 aliphatic carbocycles. The Labute approximate surface area is 189 Å². The van der Waals surface area contributed by atoms with Crippen molar-refractivity contribution < 1.29 is 23.7 Å². The number of likely N-dealkylation sites (tertiary alicyclic amines) is 1. The van der Waals surface area contributed by atoms with Crippen LogP contribution in [0.4, 0.5) is 0 Å². The van der Waals surface area contributed by atoms with E-state index in [1.807, 2.05) is 18.2 Å². The minimum absolute atomic E-state index is 0. The van der Waals surface area contributed by atoms with Crippen molar-refractivity contribution in [2.45, 2.75) is 13.3 Å².